The van der Waals surface area contributed by atoms with Gasteiger partial charge in [0.25, 0.3) is 0 Å². The lowest BCUT2D eigenvalue weighted by Crippen LogP contribution is -2.36. The lowest BCUT2D eigenvalue weighted by molar-refractivity contribution is -0.127. The highest BCUT2D eigenvalue weighted by atomic mass is 35.5. The smallest absolute Gasteiger partial charge is 0.246 e. The van der Waals surface area contributed by atoms with Gasteiger partial charge in [0.2, 0.25) is 5.91 Å². The van der Waals surface area contributed by atoms with E-state index in [9.17, 15) is 4.79 Å². The van der Waals surface area contributed by atoms with Crippen molar-refractivity contribution in [1.29, 1.82) is 0 Å². The van der Waals surface area contributed by atoms with Crippen LogP contribution < -0.4 is 0 Å². The molecule has 0 aliphatic carbocycles. The summed E-state index contributed by atoms with van der Waals surface area (Å²) in [4.78, 5) is 14.6. The zero-order valence-corrected chi connectivity index (χ0v) is 10.9. The number of hydrogen-bond acceptors (Lipinski definition) is 3. The Kier molecular flexibility index (Phi) is 4.20. The number of hydrogen-bond donors (Lipinski definition) is 1. The van der Waals surface area contributed by atoms with E-state index in [0.717, 1.165) is 24.3 Å². The van der Waals surface area contributed by atoms with Crippen LogP contribution in [-0.2, 0) is 4.79 Å². The zero-order chi connectivity index (χ0) is 12.3. The Morgan fingerprint density at radius 1 is 1.65 bits per heavy atom. The van der Waals surface area contributed by atoms with E-state index in [1.165, 1.54) is 11.3 Å². The van der Waals surface area contributed by atoms with Crippen molar-refractivity contribution in [3.05, 3.63) is 27.4 Å². The van der Waals surface area contributed by atoms with E-state index in [2.05, 4.69) is 0 Å². The molecule has 1 unspecified atom stereocenters. The number of amides is 1. The number of aliphatic hydroxyl groups is 1. The molecule has 2 heterocycles. The molecule has 1 aliphatic heterocycles. The fourth-order valence-corrected chi connectivity index (χ4v) is 2.95. The number of aliphatic hydroxyl groups excluding tert-OH is 1. The third kappa shape index (κ3) is 3.09. The summed E-state index contributed by atoms with van der Waals surface area (Å²) in [6.45, 7) is 0.782. The highest BCUT2D eigenvalue weighted by Crippen LogP contribution is 2.23. The monoisotopic (exact) mass is 271 g/mol. The van der Waals surface area contributed by atoms with Crippen LogP contribution in [0.5, 0.6) is 0 Å². The van der Waals surface area contributed by atoms with Gasteiger partial charge in [-0.1, -0.05) is 11.6 Å². The van der Waals surface area contributed by atoms with Crippen LogP contribution in [0.15, 0.2) is 18.2 Å². The number of likely N-dealkylation sites (tertiary alicyclic amines) is 1. The van der Waals surface area contributed by atoms with Gasteiger partial charge in [-0.05, 0) is 31.1 Å². The summed E-state index contributed by atoms with van der Waals surface area (Å²) in [5, 5.41) is 9.14. The normalized spacial score (nSPS) is 20.4. The van der Waals surface area contributed by atoms with Gasteiger partial charge < -0.3 is 10.0 Å². The molecule has 17 heavy (non-hydrogen) atoms. The first-order valence-electron chi connectivity index (χ1n) is 5.55. The molecule has 3 nitrogen and oxygen atoms in total. The Hall–Kier alpha value is -0.840. The van der Waals surface area contributed by atoms with Crippen LogP contribution in [0.25, 0.3) is 6.08 Å². The van der Waals surface area contributed by atoms with Crippen molar-refractivity contribution in [3.8, 4) is 0 Å². The molecule has 2 rings (SSSR count). The van der Waals surface area contributed by atoms with E-state index in [1.807, 2.05) is 12.1 Å². The maximum atomic E-state index is 11.9. The zero-order valence-electron chi connectivity index (χ0n) is 9.30. The highest BCUT2D eigenvalue weighted by Gasteiger charge is 2.26. The van der Waals surface area contributed by atoms with Crippen LogP contribution in [-0.4, -0.2) is 35.1 Å². The molecule has 1 saturated heterocycles. The Bertz CT molecular complexity index is 430. The lowest BCUT2D eigenvalue weighted by Gasteiger charge is -2.21. The standard InChI is InChI=1S/C12H14ClNO2S/c13-11-5-3-10(17-11)4-6-12(16)14-7-1-2-9(14)8-15/h3-6,9,15H,1-2,7-8H2. The number of thiophene rings is 1. The van der Waals surface area contributed by atoms with E-state index in [0.29, 0.717) is 4.34 Å². The predicted molar refractivity (Wildman–Crippen MR) is 70.2 cm³/mol. The average Bonchev–Trinajstić information content (AvgIpc) is 2.94. The van der Waals surface area contributed by atoms with Crippen molar-refractivity contribution < 1.29 is 9.90 Å². The number of rotatable bonds is 3. The summed E-state index contributed by atoms with van der Waals surface area (Å²) in [5.74, 6) is -0.0360. The first-order chi connectivity index (χ1) is 8.20. The third-order valence-corrected chi connectivity index (χ3v) is 4.05. The van der Waals surface area contributed by atoms with Gasteiger partial charge in [-0.25, -0.2) is 0 Å². The molecule has 0 radical (unpaired) electrons. The molecule has 1 fully saturated rings. The second kappa shape index (κ2) is 5.67. The van der Waals surface area contributed by atoms with Gasteiger partial charge in [0.15, 0.2) is 0 Å². The van der Waals surface area contributed by atoms with Gasteiger partial charge in [-0.15, -0.1) is 11.3 Å². The molecule has 1 aliphatic rings. The lowest BCUT2D eigenvalue weighted by atomic mass is 10.2. The summed E-state index contributed by atoms with van der Waals surface area (Å²) < 4.78 is 0.714. The summed E-state index contributed by atoms with van der Waals surface area (Å²) in [6.07, 6.45) is 5.18. The van der Waals surface area contributed by atoms with Crippen molar-refractivity contribution in [2.75, 3.05) is 13.2 Å². The van der Waals surface area contributed by atoms with E-state index in [-0.39, 0.29) is 18.6 Å². The van der Waals surface area contributed by atoms with Crippen molar-refractivity contribution in [3.63, 3.8) is 0 Å². The Morgan fingerprint density at radius 2 is 2.47 bits per heavy atom. The number of halogens is 1. The molecule has 0 aromatic carbocycles. The van der Waals surface area contributed by atoms with Crippen molar-refractivity contribution in [2.45, 2.75) is 18.9 Å². The van der Waals surface area contributed by atoms with Crippen LogP contribution in [0.4, 0.5) is 0 Å². The van der Waals surface area contributed by atoms with E-state index < -0.39 is 0 Å². The van der Waals surface area contributed by atoms with Crippen molar-refractivity contribution >= 4 is 34.9 Å². The highest BCUT2D eigenvalue weighted by molar-refractivity contribution is 7.17. The molecule has 1 aromatic rings. The minimum atomic E-state index is -0.0360. The third-order valence-electron chi connectivity index (χ3n) is 2.86. The van der Waals surface area contributed by atoms with Gasteiger partial charge in [0.05, 0.1) is 17.0 Å². The second-order valence-electron chi connectivity index (χ2n) is 3.99. The molecule has 0 spiro atoms. The van der Waals surface area contributed by atoms with Crippen molar-refractivity contribution in [2.24, 2.45) is 0 Å². The SMILES string of the molecule is O=C(C=Cc1ccc(Cl)s1)N1CCCC1CO. The quantitative estimate of drug-likeness (QED) is 0.858. The molecular formula is C12H14ClNO2S. The van der Waals surface area contributed by atoms with Gasteiger partial charge >= 0.3 is 0 Å². The Labute approximate surface area is 109 Å². The molecule has 1 amide bonds. The molecule has 1 atom stereocenters. The molecule has 1 N–H and O–H groups in total. The van der Waals surface area contributed by atoms with Crippen LogP contribution >= 0.6 is 22.9 Å². The van der Waals surface area contributed by atoms with E-state index in [1.54, 1.807) is 17.1 Å². The second-order valence-corrected chi connectivity index (χ2v) is 5.73. The summed E-state index contributed by atoms with van der Waals surface area (Å²) in [7, 11) is 0. The fourth-order valence-electron chi connectivity index (χ4n) is 1.98. The summed E-state index contributed by atoms with van der Waals surface area (Å²) >= 11 is 7.24. The first-order valence-corrected chi connectivity index (χ1v) is 6.75. The average molecular weight is 272 g/mol. The van der Waals surface area contributed by atoms with Gasteiger partial charge in [-0.2, -0.15) is 0 Å². The van der Waals surface area contributed by atoms with Crippen molar-refractivity contribution in [1.82, 2.24) is 4.90 Å². The van der Waals surface area contributed by atoms with Gasteiger partial charge in [-0.3, -0.25) is 4.79 Å². The minimum Gasteiger partial charge on any atom is -0.394 e. The first kappa shape index (κ1) is 12.6. The van der Waals surface area contributed by atoms with Crippen LogP contribution in [0, 0.1) is 0 Å². The maximum absolute atomic E-state index is 11.9. The molecule has 5 heteroatoms. The van der Waals surface area contributed by atoms with Crippen LogP contribution in [0.1, 0.15) is 17.7 Å². The summed E-state index contributed by atoms with van der Waals surface area (Å²) in [5.41, 5.74) is 0. The Balaban J connectivity index is 1.99. The van der Waals surface area contributed by atoms with Gasteiger partial charge in [0.1, 0.15) is 0 Å². The van der Waals surface area contributed by atoms with Crippen LogP contribution in [0.3, 0.4) is 0 Å². The van der Waals surface area contributed by atoms with Crippen LogP contribution in [0.2, 0.25) is 4.34 Å². The van der Waals surface area contributed by atoms with E-state index >= 15 is 0 Å². The molecule has 1 aromatic heterocycles. The maximum Gasteiger partial charge on any atom is 0.246 e. The topological polar surface area (TPSA) is 40.5 Å². The number of carbonyl (C=O) groups excluding carboxylic acids is 1. The molecule has 0 saturated carbocycles. The number of carbonyl (C=O) groups is 1. The van der Waals surface area contributed by atoms with E-state index in [4.69, 9.17) is 16.7 Å². The Morgan fingerprint density at radius 3 is 3.12 bits per heavy atom. The number of nitrogens with zero attached hydrogens (tertiary/aromatic N) is 1. The summed E-state index contributed by atoms with van der Waals surface area (Å²) in [6, 6.07) is 3.67. The molecule has 92 valence electrons. The minimum absolute atomic E-state index is 0.0147. The fraction of sp³-hybridized carbons (Fsp3) is 0.417. The predicted octanol–water partition coefficient (Wildman–Crippen LogP) is 2.40. The van der Waals surface area contributed by atoms with Gasteiger partial charge in [0, 0.05) is 17.5 Å². The molecule has 0 bridgehead atoms. The molecular weight excluding hydrogens is 258 g/mol. The largest absolute Gasteiger partial charge is 0.394 e.